The molecule has 1 unspecified atom stereocenters. The van der Waals surface area contributed by atoms with Crippen molar-refractivity contribution in [2.45, 2.75) is 25.8 Å². The molecule has 0 spiro atoms. The molecule has 0 saturated heterocycles. The zero-order chi connectivity index (χ0) is 11.8. The van der Waals surface area contributed by atoms with Crippen molar-refractivity contribution in [3.8, 4) is 0 Å². The Balaban J connectivity index is 4.15. The molecule has 0 aromatic rings. The molecule has 15 heavy (non-hydrogen) atoms. The van der Waals surface area contributed by atoms with E-state index in [0.29, 0.717) is 6.42 Å². The van der Waals surface area contributed by atoms with E-state index in [2.05, 4.69) is 6.58 Å². The van der Waals surface area contributed by atoms with Crippen molar-refractivity contribution in [2.75, 3.05) is 13.1 Å². The first-order valence-electron chi connectivity index (χ1n) is 4.83. The summed E-state index contributed by atoms with van der Waals surface area (Å²) in [4.78, 5) is 23.3. The lowest BCUT2D eigenvalue weighted by atomic mass is 10.2. The lowest BCUT2D eigenvalue weighted by molar-refractivity contribution is -0.144. The first kappa shape index (κ1) is 13.6. The molecule has 0 radical (unpaired) electrons. The van der Waals surface area contributed by atoms with Crippen LogP contribution >= 0.6 is 0 Å². The SMILES string of the molecule is C=CCN(CC(=O)O)C(=O)CCC(C)N. The predicted octanol–water partition coefficient (Wildman–Crippen LogP) is 0.213. The molecule has 0 heterocycles. The number of carbonyl (C=O) groups excluding carboxylic acids is 1. The summed E-state index contributed by atoms with van der Waals surface area (Å²) in [5.41, 5.74) is 5.51. The second kappa shape index (κ2) is 7.00. The van der Waals surface area contributed by atoms with Gasteiger partial charge in [0.15, 0.2) is 0 Å². The van der Waals surface area contributed by atoms with Gasteiger partial charge in [-0.25, -0.2) is 0 Å². The normalized spacial score (nSPS) is 11.9. The van der Waals surface area contributed by atoms with Crippen molar-refractivity contribution < 1.29 is 14.7 Å². The summed E-state index contributed by atoms with van der Waals surface area (Å²) in [5.74, 6) is -1.22. The highest BCUT2D eigenvalue weighted by Gasteiger charge is 2.15. The molecule has 1 atom stereocenters. The predicted molar refractivity (Wildman–Crippen MR) is 57.3 cm³/mol. The zero-order valence-corrected chi connectivity index (χ0v) is 8.98. The molecule has 0 aliphatic heterocycles. The fraction of sp³-hybridized carbons (Fsp3) is 0.600. The Morgan fingerprint density at radius 2 is 2.20 bits per heavy atom. The summed E-state index contributed by atoms with van der Waals surface area (Å²) in [5, 5.41) is 8.58. The summed E-state index contributed by atoms with van der Waals surface area (Å²) < 4.78 is 0. The molecule has 0 aromatic carbocycles. The Kier molecular flexibility index (Phi) is 6.37. The van der Waals surface area contributed by atoms with Crippen LogP contribution in [-0.4, -0.2) is 41.0 Å². The molecule has 0 aromatic heterocycles. The summed E-state index contributed by atoms with van der Waals surface area (Å²) in [6, 6.07) is -0.0515. The van der Waals surface area contributed by atoms with Gasteiger partial charge in [-0.3, -0.25) is 9.59 Å². The van der Waals surface area contributed by atoms with Gasteiger partial charge in [-0.1, -0.05) is 6.08 Å². The average molecular weight is 214 g/mol. The highest BCUT2D eigenvalue weighted by molar-refractivity contribution is 5.81. The number of rotatable bonds is 7. The van der Waals surface area contributed by atoms with Gasteiger partial charge in [-0.05, 0) is 13.3 Å². The molecule has 0 bridgehead atoms. The third-order valence-corrected chi connectivity index (χ3v) is 1.84. The van der Waals surface area contributed by atoms with Crippen LogP contribution in [0.2, 0.25) is 0 Å². The second-order valence-corrected chi connectivity index (χ2v) is 3.47. The number of amides is 1. The highest BCUT2D eigenvalue weighted by atomic mass is 16.4. The Labute approximate surface area is 89.6 Å². The Bertz CT molecular complexity index is 239. The Morgan fingerprint density at radius 3 is 2.60 bits per heavy atom. The zero-order valence-electron chi connectivity index (χ0n) is 8.98. The lowest BCUT2D eigenvalue weighted by Gasteiger charge is -2.19. The van der Waals surface area contributed by atoms with Crippen LogP contribution in [0.25, 0.3) is 0 Å². The summed E-state index contributed by atoms with van der Waals surface area (Å²) in [7, 11) is 0. The van der Waals surface area contributed by atoms with E-state index in [4.69, 9.17) is 10.8 Å². The van der Waals surface area contributed by atoms with Crippen LogP contribution in [0.5, 0.6) is 0 Å². The van der Waals surface area contributed by atoms with Crippen molar-refractivity contribution in [3.05, 3.63) is 12.7 Å². The van der Waals surface area contributed by atoms with Gasteiger partial charge in [0.25, 0.3) is 0 Å². The van der Waals surface area contributed by atoms with E-state index in [-0.39, 0.29) is 31.5 Å². The number of carboxylic acids is 1. The maximum Gasteiger partial charge on any atom is 0.323 e. The quantitative estimate of drug-likeness (QED) is 0.593. The van der Waals surface area contributed by atoms with Crippen LogP contribution in [0.4, 0.5) is 0 Å². The molecule has 3 N–H and O–H groups in total. The van der Waals surface area contributed by atoms with Gasteiger partial charge in [0.1, 0.15) is 6.54 Å². The van der Waals surface area contributed by atoms with Crippen LogP contribution in [0.15, 0.2) is 12.7 Å². The summed E-state index contributed by atoms with van der Waals surface area (Å²) in [6.45, 7) is 5.25. The molecule has 0 aliphatic carbocycles. The van der Waals surface area contributed by atoms with E-state index in [1.165, 1.54) is 11.0 Å². The number of hydrogen-bond donors (Lipinski definition) is 2. The molecule has 0 rings (SSSR count). The van der Waals surface area contributed by atoms with E-state index >= 15 is 0 Å². The summed E-state index contributed by atoms with van der Waals surface area (Å²) >= 11 is 0. The third kappa shape index (κ3) is 6.68. The van der Waals surface area contributed by atoms with Crippen molar-refractivity contribution in [3.63, 3.8) is 0 Å². The largest absolute Gasteiger partial charge is 0.480 e. The molecule has 5 nitrogen and oxygen atoms in total. The van der Waals surface area contributed by atoms with Crippen LogP contribution in [0.1, 0.15) is 19.8 Å². The van der Waals surface area contributed by atoms with Gasteiger partial charge in [-0.2, -0.15) is 0 Å². The van der Waals surface area contributed by atoms with Crippen LogP contribution in [0.3, 0.4) is 0 Å². The van der Waals surface area contributed by atoms with E-state index in [0.717, 1.165) is 0 Å². The second-order valence-electron chi connectivity index (χ2n) is 3.47. The standard InChI is InChI=1S/C10H18N2O3/c1-3-6-12(7-10(14)15)9(13)5-4-8(2)11/h3,8H,1,4-7,11H2,2H3,(H,14,15). The minimum Gasteiger partial charge on any atom is -0.480 e. The van der Waals surface area contributed by atoms with E-state index in [9.17, 15) is 9.59 Å². The van der Waals surface area contributed by atoms with Crippen molar-refractivity contribution >= 4 is 11.9 Å². The maximum absolute atomic E-state index is 11.5. The van der Waals surface area contributed by atoms with Crippen molar-refractivity contribution in [1.29, 1.82) is 0 Å². The third-order valence-electron chi connectivity index (χ3n) is 1.84. The first-order valence-corrected chi connectivity index (χ1v) is 4.83. The van der Waals surface area contributed by atoms with Crippen molar-refractivity contribution in [2.24, 2.45) is 5.73 Å². The Morgan fingerprint density at radius 1 is 1.60 bits per heavy atom. The number of nitrogens with zero attached hydrogens (tertiary/aromatic N) is 1. The first-order chi connectivity index (χ1) is 6.97. The number of carboxylic acid groups (broad SMARTS) is 1. The number of carbonyl (C=O) groups is 2. The van der Waals surface area contributed by atoms with E-state index < -0.39 is 5.97 Å². The van der Waals surface area contributed by atoms with Gasteiger partial charge >= 0.3 is 5.97 Å². The molecule has 5 heteroatoms. The fourth-order valence-electron chi connectivity index (χ4n) is 1.08. The molecule has 86 valence electrons. The molecule has 0 aliphatic rings. The number of aliphatic carboxylic acids is 1. The fourth-order valence-corrected chi connectivity index (χ4v) is 1.08. The van der Waals surface area contributed by atoms with Crippen LogP contribution < -0.4 is 5.73 Å². The molecular formula is C10H18N2O3. The van der Waals surface area contributed by atoms with Gasteiger partial charge < -0.3 is 15.7 Å². The molecule has 0 fully saturated rings. The van der Waals surface area contributed by atoms with E-state index in [1.807, 2.05) is 6.92 Å². The van der Waals surface area contributed by atoms with Gasteiger partial charge in [0.2, 0.25) is 5.91 Å². The lowest BCUT2D eigenvalue weighted by Crippen LogP contribution is -2.36. The summed E-state index contributed by atoms with van der Waals surface area (Å²) in [6.07, 6.45) is 2.34. The molecule has 1 amide bonds. The van der Waals surface area contributed by atoms with Crippen molar-refractivity contribution in [1.82, 2.24) is 4.90 Å². The number of nitrogens with two attached hydrogens (primary N) is 1. The van der Waals surface area contributed by atoms with Crippen LogP contribution in [0, 0.1) is 0 Å². The molecule has 0 saturated carbocycles. The van der Waals surface area contributed by atoms with Gasteiger partial charge in [-0.15, -0.1) is 6.58 Å². The average Bonchev–Trinajstić information content (AvgIpc) is 2.12. The Hall–Kier alpha value is -1.36. The monoisotopic (exact) mass is 214 g/mol. The minimum atomic E-state index is -1.02. The highest BCUT2D eigenvalue weighted by Crippen LogP contribution is 2.00. The van der Waals surface area contributed by atoms with E-state index in [1.54, 1.807) is 0 Å². The smallest absolute Gasteiger partial charge is 0.323 e. The molecular weight excluding hydrogens is 196 g/mol. The van der Waals surface area contributed by atoms with Crippen LogP contribution in [-0.2, 0) is 9.59 Å². The van der Waals surface area contributed by atoms with Gasteiger partial charge in [0, 0.05) is 19.0 Å². The minimum absolute atomic E-state index is 0.0515. The topological polar surface area (TPSA) is 83.6 Å². The number of hydrogen-bond acceptors (Lipinski definition) is 3. The van der Waals surface area contributed by atoms with Gasteiger partial charge in [0.05, 0.1) is 0 Å². The maximum atomic E-state index is 11.5.